The van der Waals surface area contributed by atoms with Crippen LogP contribution >= 0.6 is 0 Å². The van der Waals surface area contributed by atoms with Crippen molar-refractivity contribution in [1.29, 1.82) is 0 Å². The molecule has 2 aromatic rings. The minimum atomic E-state index is -1.02. The van der Waals surface area contributed by atoms with Crippen molar-refractivity contribution in [2.75, 3.05) is 0 Å². The second kappa shape index (κ2) is 8.61. The van der Waals surface area contributed by atoms with Crippen LogP contribution < -0.4 is 5.63 Å². The number of Topliss-reactive ketones (excluding diaryl/α,β-unsaturated/α-hetero) is 1. The lowest BCUT2D eigenvalue weighted by molar-refractivity contribution is 0.0925. The number of aromatic hydroxyl groups is 2. The zero-order chi connectivity index (χ0) is 21.2. The highest BCUT2D eigenvalue weighted by atomic mass is 16.4. The normalized spacial score (nSPS) is 13.4. The molecule has 0 bridgehead atoms. The number of hydrogen-bond acceptors (Lipinski definition) is 6. The summed E-state index contributed by atoms with van der Waals surface area (Å²) in [6.45, 7) is 9.06. The van der Waals surface area contributed by atoms with E-state index in [0.717, 1.165) is 11.6 Å². The second-order valence-electron chi connectivity index (χ2n) is 7.36. The zero-order valence-electron chi connectivity index (χ0n) is 17.0. The maximum Gasteiger partial charge on any atom is 0.336 e. The van der Waals surface area contributed by atoms with Crippen LogP contribution in [-0.2, 0) is 6.42 Å². The Morgan fingerprint density at radius 3 is 2.36 bits per heavy atom. The van der Waals surface area contributed by atoms with Crippen LogP contribution in [0.2, 0.25) is 0 Å². The van der Waals surface area contributed by atoms with E-state index >= 15 is 0 Å². The first kappa shape index (κ1) is 21.7. The van der Waals surface area contributed by atoms with E-state index < -0.39 is 17.6 Å². The van der Waals surface area contributed by atoms with Gasteiger partial charge >= 0.3 is 5.63 Å². The molecule has 6 nitrogen and oxygen atoms in total. The van der Waals surface area contributed by atoms with Gasteiger partial charge in [-0.25, -0.2) is 4.79 Å². The largest absolute Gasteiger partial charge is 0.507 e. The summed E-state index contributed by atoms with van der Waals surface area (Å²) >= 11 is 0. The van der Waals surface area contributed by atoms with E-state index in [1.54, 1.807) is 13.8 Å². The number of hydrogen-bond donors (Lipinski definition) is 3. The van der Waals surface area contributed by atoms with Gasteiger partial charge in [0, 0.05) is 23.1 Å². The highest BCUT2D eigenvalue weighted by Gasteiger charge is 2.29. The maximum atomic E-state index is 13.0. The van der Waals surface area contributed by atoms with Gasteiger partial charge in [-0.1, -0.05) is 32.4 Å². The van der Waals surface area contributed by atoms with Crippen LogP contribution in [0.5, 0.6) is 11.5 Å². The third kappa shape index (κ3) is 3.97. The van der Waals surface area contributed by atoms with Gasteiger partial charge in [-0.2, -0.15) is 0 Å². The number of fused-ring (bicyclic) bond motifs is 1. The van der Waals surface area contributed by atoms with Crippen molar-refractivity contribution in [3.8, 4) is 11.5 Å². The Bertz CT molecular complexity index is 979. The third-order valence-corrected chi connectivity index (χ3v) is 5.03. The van der Waals surface area contributed by atoms with Gasteiger partial charge in [0.25, 0.3) is 0 Å². The maximum absolute atomic E-state index is 13.0. The summed E-state index contributed by atoms with van der Waals surface area (Å²) < 4.78 is 5.26. The fourth-order valence-electron chi connectivity index (χ4n) is 3.10. The summed E-state index contributed by atoms with van der Waals surface area (Å²) in [4.78, 5) is 25.1. The van der Waals surface area contributed by atoms with Crippen molar-refractivity contribution in [1.82, 2.24) is 0 Å². The first-order valence-electron chi connectivity index (χ1n) is 9.54. The fourth-order valence-corrected chi connectivity index (χ4v) is 3.10. The van der Waals surface area contributed by atoms with Crippen molar-refractivity contribution >= 4 is 16.8 Å². The number of ketones is 1. The molecular weight excluding hydrogens is 360 g/mol. The van der Waals surface area contributed by atoms with Crippen molar-refractivity contribution in [2.24, 2.45) is 5.92 Å². The SMILES string of the molecule is CCC(C)C(=O)c1c(O)c(CC=C(C)C)c(O)c2c([C@@H](O)CC)cc(=O)oc12. The van der Waals surface area contributed by atoms with E-state index in [0.29, 0.717) is 12.8 Å². The molecule has 2 rings (SSSR count). The van der Waals surface area contributed by atoms with E-state index in [4.69, 9.17) is 4.42 Å². The molecule has 6 heteroatoms. The summed E-state index contributed by atoms with van der Waals surface area (Å²) in [5.74, 6) is -1.48. The molecule has 0 fully saturated rings. The summed E-state index contributed by atoms with van der Waals surface area (Å²) in [6.07, 6.45) is 1.82. The van der Waals surface area contributed by atoms with Crippen LogP contribution in [0.15, 0.2) is 26.9 Å². The minimum Gasteiger partial charge on any atom is -0.507 e. The average molecular weight is 388 g/mol. The highest BCUT2D eigenvalue weighted by Crippen LogP contribution is 2.43. The lowest BCUT2D eigenvalue weighted by Gasteiger charge is -2.19. The lowest BCUT2D eigenvalue weighted by atomic mass is 9.89. The Morgan fingerprint density at radius 1 is 1.18 bits per heavy atom. The van der Waals surface area contributed by atoms with Gasteiger partial charge in [0.2, 0.25) is 0 Å². The van der Waals surface area contributed by atoms with Gasteiger partial charge in [0.15, 0.2) is 11.4 Å². The van der Waals surface area contributed by atoms with E-state index in [-0.39, 0.29) is 51.4 Å². The van der Waals surface area contributed by atoms with E-state index in [1.165, 1.54) is 0 Å². The number of carbonyl (C=O) groups is 1. The van der Waals surface area contributed by atoms with Crippen molar-refractivity contribution in [3.05, 3.63) is 44.8 Å². The molecule has 0 spiro atoms. The molecule has 1 heterocycles. The highest BCUT2D eigenvalue weighted by molar-refractivity contribution is 6.12. The Morgan fingerprint density at radius 2 is 1.82 bits per heavy atom. The Kier molecular flexibility index (Phi) is 6.67. The van der Waals surface area contributed by atoms with Gasteiger partial charge in [0.1, 0.15) is 17.1 Å². The molecular formula is C22H28O6. The first-order valence-corrected chi connectivity index (χ1v) is 9.54. The summed E-state index contributed by atoms with van der Waals surface area (Å²) in [7, 11) is 0. The number of aliphatic hydroxyl groups excluding tert-OH is 1. The van der Waals surface area contributed by atoms with Gasteiger partial charge in [0.05, 0.1) is 11.5 Å². The average Bonchev–Trinajstić information content (AvgIpc) is 2.65. The summed E-state index contributed by atoms with van der Waals surface area (Å²) in [5, 5.41) is 32.2. The van der Waals surface area contributed by atoms with E-state index in [1.807, 2.05) is 26.8 Å². The molecule has 0 aliphatic carbocycles. The molecule has 1 unspecified atom stereocenters. The molecule has 0 radical (unpaired) electrons. The number of allylic oxidation sites excluding steroid dienone is 2. The van der Waals surface area contributed by atoms with Gasteiger partial charge < -0.3 is 19.7 Å². The summed E-state index contributed by atoms with van der Waals surface area (Å²) in [6, 6.07) is 1.12. The molecule has 2 atom stereocenters. The quantitative estimate of drug-likeness (QED) is 0.369. The van der Waals surface area contributed by atoms with Gasteiger partial charge in [-0.15, -0.1) is 0 Å². The zero-order valence-corrected chi connectivity index (χ0v) is 17.0. The topological polar surface area (TPSA) is 108 Å². The van der Waals surface area contributed by atoms with Crippen LogP contribution in [0.1, 0.15) is 75.0 Å². The van der Waals surface area contributed by atoms with E-state index in [2.05, 4.69) is 0 Å². The van der Waals surface area contributed by atoms with Crippen LogP contribution in [0.3, 0.4) is 0 Å². The van der Waals surface area contributed by atoms with Crippen molar-refractivity contribution < 1.29 is 24.5 Å². The van der Waals surface area contributed by atoms with Crippen LogP contribution in [0.25, 0.3) is 11.0 Å². The molecule has 0 amide bonds. The molecule has 28 heavy (non-hydrogen) atoms. The lowest BCUT2D eigenvalue weighted by Crippen LogP contribution is -2.14. The second-order valence-corrected chi connectivity index (χ2v) is 7.36. The van der Waals surface area contributed by atoms with Gasteiger partial charge in [-0.3, -0.25) is 4.79 Å². The molecule has 0 aliphatic heterocycles. The molecule has 0 aliphatic rings. The van der Waals surface area contributed by atoms with Crippen LogP contribution in [-0.4, -0.2) is 21.1 Å². The Balaban J connectivity index is 3.03. The molecule has 1 aromatic carbocycles. The molecule has 152 valence electrons. The number of benzene rings is 1. The first-order chi connectivity index (χ1) is 13.1. The smallest absolute Gasteiger partial charge is 0.336 e. The Labute approximate surface area is 164 Å². The predicted molar refractivity (Wildman–Crippen MR) is 108 cm³/mol. The summed E-state index contributed by atoms with van der Waals surface area (Å²) in [5.41, 5.74) is 0.255. The van der Waals surface area contributed by atoms with Crippen LogP contribution in [0.4, 0.5) is 0 Å². The Hall–Kier alpha value is -2.60. The number of phenolic OH excluding ortho intramolecular Hbond substituents is 2. The number of rotatable bonds is 7. The molecule has 1 aromatic heterocycles. The van der Waals surface area contributed by atoms with Crippen molar-refractivity contribution in [2.45, 2.75) is 60.0 Å². The predicted octanol–water partition coefficient (Wildman–Crippen LogP) is 4.39. The van der Waals surface area contributed by atoms with E-state index in [9.17, 15) is 24.9 Å². The number of aliphatic hydroxyl groups is 1. The monoisotopic (exact) mass is 388 g/mol. The van der Waals surface area contributed by atoms with Crippen molar-refractivity contribution in [3.63, 3.8) is 0 Å². The molecule has 0 saturated carbocycles. The molecule has 0 saturated heterocycles. The van der Waals surface area contributed by atoms with Gasteiger partial charge in [-0.05, 0) is 33.1 Å². The number of phenols is 2. The minimum absolute atomic E-state index is 0.0931. The molecule has 3 N–H and O–H groups in total. The standard InChI is InChI=1S/C22H28O6/c1-6-12(5)19(25)18-21(27)13(9-8-11(3)4)20(26)17-14(15(23)7-2)10-16(24)28-22(17)18/h8,10,12,15,23,26-27H,6-7,9H2,1-5H3/t12?,15-/m0/s1. The third-order valence-electron chi connectivity index (χ3n) is 5.03. The number of carbonyl (C=O) groups excluding carboxylic acids is 1. The van der Waals surface area contributed by atoms with Crippen LogP contribution in [0, 0.1) is 5.92 Å². The fraction of sp³-hybridized carbons (Fsp3) is 0.455.